The van der Waals surface area contributed by atoms with E-state index < -0.39 is 5.97 Å². The van der Waals surface area contributed by atoms with Crippen LogP contribution in [-0.2, 0) is 9.47 Å². The van der Waals surface area contributed by atoms with Gasteiger partial charge in [0.15, 0.2) is 0 Å². The van der Waals surface area contributed by atoms with Gasteiger partial charge in [0, 0.05) is 11.5 Å². The highest BCUT2D eigenvalue weighted by molar-refractivity contribution is 7.80. The molecule has 0 amide bonds. The molecule has 0 fully saturated rings. The van der Waals surface area contributed by atoms with Crippen LogP contribution in [0.2, 0.25) is 5.02 Å². The molecular formula is C12H15ClO3S. The standard InChI is InChI=1S/C12H15ClO3S/c1-3-15-7-8(2)16-12(14)10-6-9(17)4-5-11(10)13/h4-6,8,17H,3,7H2,1-2H3. The molecule has 1 aromatic rings. The molecule has 1 unspecified atom stereocenters. The van der Waals surface area contributed by atoms with Crippen LogP contribution in [-0.4, -0.2) is 25.3 Å². The Balaban J connectivity index is 2.66. The van der Waals surface area contributed by atoms with Crippen molar-refractivity contribution < 1.29 is 14.3 Å². The van der Waals surface area contributed by atoms with Crippen LogP contribution < -0.4 is 0 Å². The second kappa shape index (κ2) is 6.89. The van der Waals surface area contributed by atoms with E-state index in [2.05, 4.69) is 12.6 Å². The highest BCUT2D eigenvalue weighted by atomic mass is 35.5. The summed E-state index contributed by atoms with van der Waals surface area (Å²) in [6, 6.07) is 4.92. The quantitative estimate of drug-likeness (QED) is 0.661. The Morgan fingerprint density at radius 1 is 1.53 bits per heavy atom. The Labute approximate surface area is 111 Å². The van der Waals surface area contributed by atoms with E-state index in [0.29, 0.717) is 28.7 Å². The summed E-state index contributed by atoms with van der Waals surface area (Å²) < 4.78 is 10.4. The van der Waals surface area contributed by atoms with Gasteiger partial charge in [0.1, 0.15) is 6.10 Å². The van der Waals surface area contributed by atoms with Crippen LogP contribution >= 0.6 is 24.2 Å². The number of hydrogen-bond acceptors (Lipinski definition) is 4. The normalized spacial score (nSPS) is 12.2. The molecule has 1 rings (SSSR count). The zero-order chi connectivity index (χ0) is 12.8. The van der Waals surface area contributed by atoms with Crippen molar-refractivity contribution >= 4 is 30.2 Å². The average molecular weight is 275 g/mol. The summed E-state index contributed by atoms with van der Waals surface area (Å²) in [5.41, 5.74) is 0.322. The first-order valence-corrected chi connectivity index (χ1v) is 6.14. The number of rotatable bonds is 5. The number of hydrogen-bond donors (Lipinski definition) is 1. The summed E-state index contributed by atoms with van der Waals surface area (Å²) in [5.74, 6) is -0.460. The molecule has 0 bridgehead atoms. The van der Waals surface area contributed by atoms with E-state index in [1.807, 2.05) is 6.92 Å². The molecule has 0 aliphatic carbocycles. The molecule has 0 spiro atoms. The fourth-order valence-corrected chi connectivity index (χ4v) is 1.63. The van der Waals surface area contributed by atoms with Gasteiger partial charge in [-0.15, -0.1) is 12.6 Å². The van der Waals surface area contributed by atoms with Crippen molar-refractivity contribution in [2.45, 2.75) is 24.8 Å². The van der Waals surface area contributed by atoms with E-state index in [4.69, 9.17) is 21.1 Å². The molecule has 94 valence electrons. The number of benzene rings is 1. The van der Waals surface area contributed by atoms with Crippen molar-refractivity contribution in [3.8, 4) is 0 Å². The summed E-state index contributed by atoms with van der Waals surface area (Å²) in [6.45, 7) is 4.62. The number of carbonyl (C=O) groups excluding carboxylic acids is 1. The van der Waals surface area contributed by atoms with Crippen LogP contribution in [0.5, 0.6) is 0 Å². The largest absolute Gasteiger partial charge is 0.457 e. The minimum absolute atomic E-state index is 0.304. The molecule has 3 nitrogen and oxygen atoms in total. The van der Waals surface area contributed by atoms with Gasteiger partial charge in [0.2, 0.25) is 0 Å². The minimum Gasteiger partial charge on any atom is -0.457 e. The monoisotopic (exact) mass is 274 g/mol. The number of esters is 1. The molecule has 0 saturated carbocycles. The van der Waals surface area contributed by atoms with Crippen LogP contribution in [0.25, 0.3) is 0 Å². The first-order valence-electron chi connectivity index (χ1n) is 5.31. The maximum atomic E-state index is 11.8. The Bertz CT molecular complexity index is 395. The molecule has 0 aromatic heterocycles. The Kier molecular flexibility index (Phi) is 5.82. The van der Waals surface area contributed by atoms with Gasteiger partial charge in [0.25, 0.3) is 0 Å². The minimum atomic E-state index is -0.460. The van der Waals surface area contributed by atoms with E-state index in [0.717, 1.165) is 0 Å². The predicted molar refractivity (Wildman–Crippen MR) is 70.1 cm³/mol. The molecule has 0 saturated heterocycles. The number of halogens is 1. The van der Waals surface area contributed by atoms with Gasteiger partial charge in [-0.1, -0.05) is 11.6 Å². The van der Waals surface area contributed by atoms with Gasteiger partial charge in [-0.25, -0.2) is 4.79 Å². The summed E-state index contributed by atoms with van der Waals surface area (Å²) in [5, 5.41) is 0.358. The maximum Gasteiger partial charge on any atom is 0.340 e. The zero-order valence-electron chi connectivity index (χ0n) is 9.77. The molecule has 1 aromatic carbocycles. The lowest BCUT2D eigenvalue weighted by Gasteiger charge is -2.13. The van der Waals surface area contributed by atoms with Crippen LogP contribution in [0.4, 0.5) is 0 Å². The molecule has 0 N–H and O–H groups in total. The van der Waals surface area contributed by atoms with Gasteiger partial charge in [0.05, 0.1) is 17.2 Å². The van der Waals surface area contributed by atoms with E-state index >= 15 is 0 Å². The van der Waals surface area contributed by atoms with Crippen molar-refractivity contribution in [3.05, 3.63) is 28.8 Å². The molecule has 0 radical (unpaired) electrons. The van der Waals surface area contributed by atoms with Crippen LogP contribution in [0, 0.1) is 0 Å². The summed E-state index contributed by atoms with van der Waals surface area (Å²) >= 11 is 10.1. The van der Waals surface area contributed by atoms with Gasteiger partial charge in [-0.2, -0.15) is 0 Å². The zero-order valence-corrected chi connectivity index (χ0v) is 11.4. The molecule has 0 heterocycles. The fraction of sp³-hybridized carbons (Fsp3) is 0.417. The Morgan fingerprint density at radius 2 is 2.24 bits per heavy atom. The van der Waals surface area contributed by atoms with Gasteiger partial charge < -0.3 is 9.47 Å². The van der Waals surface area contributed by atoms with E-state index in [9.17, 15) is 4.79 Å². The first-order chi connectivity index (χ1) is 8.04. The lowest BCUT2D eigenvalue weighted by molar-refractivity contribution is 0.00439. The lowest BCUT2D eigenvalue weighted by atomic mass is 10.2. The highest BCUT2D eigenvalue weighted by Crippen LogP contribution is 2.20. The second-order valence-corrected chi connectivity index (χ2v) is 4.46. The van der Waals surface area contributed by atoms with E-state index in [1.54, 1.807) is 25.1 Å². The van der Waals surface area contributed by atoms with E-state index in [1.165, 1.54) is 0 Å². The average Bonchev–Trinajstić information content (AvgIpc) is 2.29. The molecule has 17 heavy (non-hydrogen) atoms. The number of carbonyl (C=O) groups is 1. The van der Waals surface area contributed by atoms with Crippen LogP contribution in [0.15, 0.2) is 23.1 Å². The topological polar surface area (TPSA) is 35.5 Å². The number of thiol groups is 1. The van der Waals surface area contributed by atoms with Crippen molar-refractivity contribution in [2.24, 2.45) is 0 Å². The summed E-state index contributed by atoms with van der Waals surface area (Å²) in [4.78, 5) is 12.5. The Hall–Kier alpha value is -0.710. The maximum absolute atomic E-state index is 11.8. The molecular weight excluding hydrogens is 260 g/mol. The predicted octanol–water partition coefficient (Wildman–Crippen LogP) is 3.21. The highest BCUT2D eigenvalue weighted by Gasteiger charge is 2.15. The van der Waals surface area contributed by atoms with E-state index in [-0.39, 0.29) is 6.10 Å². The van der Waals surface area contributed by atoms with Crippen LogP contribution in [0.1, 0.15) is 24.2 Å². The van der Waals surface area contributed by atoms with Crippen molar-refractivity contribution in [3.63, 3.8) is 0 Å². The third-order valence-electron chi connectivity index (χ3n) is 2.03. The van der Waals surface area contributed by atoms with Gasteiger partial charge in [-0.05, 0) is 32.0 Å². The van der Waals surface area contributed by atoms with Gasteiger partial charge in [-0.3, -0.25) is 0 Å². The van der Waals surface area contributed by atoms with Gasteiger partial charge >= 0.3 is 5.97 Å². The molecule has 0 aliphatic rings. The summed E-state index contributed by atoms with van der Waals surface area (Å²) in [7, 11) is 0. The summed E-state index contributed by atoms with van der Waals surface area (Å²) in [6.07, 6.45) is -0.304. The van der Waals surface area contributed by atoms with Crippen molar-refractivity contribution in [1.82, 2.24) is 0 Å². The smallest absolute Gasteiger partial charge is 0.340 e. The molecule has 0 aliphatic heterocycles. The third kappa shape index (κ3) is 4.58. The molecule has 1 atom stereocenters. The first kappa shape index (κ1) is 14.4. The second-order valence-electron chi connectivity index (χ2n) is 3.54. The fourth-order valence-electron chi connectivity index (χ4n) is 1.23. The number of ether oxygens (including phenoxy) is 2. The molecule has 5 heteroatoms. The van der Waals surface area contributed by atoms with Crippen LogP contribution in [0.3, 0.4) is 0 Å². The Morgan fingerprint density at radius 3 is 2.88 bits per heavy atom. The SMILES string of the molecule is CCOCC(C)OC(=O)c1cc(S)ccc1Cl. The third-order valence-corrected chi connectivity index (χ3v) is 2.64. The lowest BCUT2D eigenvalue weighted by Crippen LogP contribution is -2.20. The van der Waals surface area contributed by atoms with Crippen molar-refractivity contribution in [2.75, 3.05) is 13.2 Å². The van der Waals surface area contributed by atoms with Crippen molar-refractivity contribution in [1.29, 1.82) is 0 Å².